The Labute approximate surface area is 199 Å². The number of rotatable bonds is 7. The number of nitrogens with zero attached hydrogens (tertiary/aromatic N) is 3. The van der Waals surface area contributed by atoms with Crippen molar-refractivity contribution in [3.05, 3.63) is 46.9 Å². The lowest BCUT2D eigenvalue weighted by Crippen LogP contribution is -2.43. The lowest BCUT2D eigenvalue weighted by atomic mass is 9.87. The normalized spacial score (nSPS) is 16.0. The molecule has 3 heterocycles. The molecule has 1 aliphatic rings. The van der Waals surface area contributed by atoms with Crippen LogP contribution in [0.4, 0.5) is 15.7 Å². The second-order valence-corrected chi connectivity index (χ2v) is 10.6. The fourth-order valence-corrected chi connectivity index (χ4v) is 3.92. The van der Waals surface area contributed by atoms with Gasteiger partial charge in [-0.15, -0.1) is 11.3 Å². The van der Waals surface area contributed by atoms with Crippen molar-refractivity contribution in [1.29, 1.82) is 0 Å². The fraction of sp³-hybridized carbons (Fsp3) is 0.478. The predicted octanol–water partition coefficient (Wildman–Crippen LogP) is 3.75. The molecule has 0 aromatic carbocycles. The van der Waals surface area contributed by atoms with E-state index >= 15 is 0 Å². The highest BCUT2D eigenvalue weighted by molar-refractivity contribution is 7.15. The van der Waals surface area contributed by atoms with Gasteiger partial charge < -0.3 is 5.32 Å². The van der Waals surface area contributed by atoms with Crippen LogP contribution < -0.4 is 21.4 Å². The van der Waals surface area contributed by atoms with Crippen molar-refractivity contribution in [3.8, 4) is 0 Å². The Morgan fingerprint density at radius 3 is 2.61 bits per heavy atom. The van der Waals surface area contributed by atoms with Gasteiger partial charge in [0.1, 0.15) is 11.6 Å². The Morgan fingerprint density at radius 2 is 1.94 bits per heavy atom. The van der Waals surface area contributed by atoms with Crippen LogP contribution in [0.2, 0.25) is 0 Å². The minimum absolute atomic E-state index is 0.0357. The summed E-state index contributed by atoms with van der Waals surface area (Å²) < 4.78 is 0. The molecule has 3 amide bonds. The number of aryl methyl sites for hydroxylation is 2. The topological polar surface area (TPSA) is 111 Å². The third-order valence-corrected chi connectivity index (χ3v) is 6.20. The van der Waals surface area contributed by atoms with Gasteiger partial charge in [-0.1, -0.05) is 34.6 Å². The van der Waals surface area contributed by atoms with Crippen LogP contribution in [0, 0.1) is 11.3 Å². The molecule has 4 N–H and O–H groups in total. The molecular formula is C23H33N7O2S. The van der Waals surface area contributed by atoms with E-state index in [0.29, 0.717) is 16.8 Å². The molecule has 3 rings (SSSR count). The number of pyridine rings is 1. The second-order valence-electron chi connectivity index (χ2n) is 9.49. The van der Waals surface area contributed by atoms with Crippen molar-refractivity contribution in [3.63, 3.8) is 0 Å². The molecule has 9 nitrogen and oxygen atoms in total. The Hall–Kier alpha value is -2.98. The summed E-state index contributed by atoms with van der Waals surface area (Å²) in [6.45, 7) is 10.1. The molecule has 2 aromatic rings. The van der Waals surface area contributed by atoms with Crippen LogP contribution in [0.15, 0.2) is 36.4 Å². The van der Waals surface area contributed by atoms with Gasteiger partial charge in [-0.2, -0.15) is 0 Å². The maximum absolute atomic E-state index is 12.4. The molecule has 0 saturated carbocycles. The lowest BCUT2D eigenvalue weighted by Gasteiger charge is -2.27. The van der Waals surface area contributed by atoms with Crippen LogP contribution in [0.5, 0.6) is 0 Å². The molecule has 1 atom stereocenters. The third kappa shape index (κ3) is 7.00. The van der Waals surface area contributed by atoms with E-state index in [1.54, 1.807) is 12.4 Å². The first-order valence-electron chi connectivity index (χ1n) is 11.0. The number of nitrogens with one attached hydrogen (secondary N) is 4. The van der Waals surface area contributed by atoms with Crippen molar-refractivity contribution >= 4 is 34.2 Å². The number of hydrogen-bond donors (Lipinski definition) is 4. The molecule has 178 valence electrons. The van der Waals surface area contributed by atoms with E-state index in [-0.39, 0.29) is 29.3 Å². The zero-order chi connectivity index (χ0) is 24.2. The average Bonchev–Trinajstić information content (AvgIpc) is 3.33. The van der Waals surface area contributed by atoms with E-state index < -0.39 is 0 Å². The minimum atomic E-state index is -0.329. The van der Waals surface area contributed by atoms with Gasteiger partial charge in [0.2, 0.25) is 5.91 Å². The second kappa shape index (κ2) is 10.3. The smallest absolute Gasteiger partial charge is 0.310 e. The van der Waals surface area contributed by atoms with E-state index in [2.05, 4.69) is 52.1 Å². The molecule has 0 radical (unpaired) electrons. The molecule has 10 heteroatoms. The number of carbonyl (C=O) groups excluding carboxylic acids is 2. The van der Waals surface area contributed by atoms with Crippen molar-refractivity contribution < 1.29 is 9.59 Å². The first-order valence-corrected chi connectivity index (χ1v) is 11.8. The van der Waals surface area contributed by atoms with Crippen LogP contribution in [0.1, 0.15) is 45.1 Å². The van der Waals surface area contributed by atoms with Gasteiger partial charge in [-0.05, 0) is 42.0 Å². The Morgan fingerprint density at radius 1 is 1.18 bits per heavy atom. The summed E-state index contributed by atoms with van der Waals surface area (Å²) in [4.78, 5) is 33.9. The van der Waals surface area contributed by atoms with Crippen LogP contribution in [-0.4, -0.2) is 40.0 Å². The van der Waals surface area contributed by atoms with Gasteiger partial charge in [-0.25, -0.2) is 20.2 Å². The van der Waals surface area contributed by atoms with Crippen LogP contribution in [0.25, 0.3) is 0 Å². The highest BCUT2D eigenvalue weighted by Crippen LogP contribution is 2.25. The van der Waals surface area contributed by atoms with E-state index in [0.717, 1.165) is 23.3 Å². The van der Waals surface area contributed by atoms with E-state index in [1.165, 1.54) is 11.3 Å². The summed E-state index contributed by atoms with van der Waals surface area (Å²) in [5.41, 5.74) is 4.43. The fourth-order valence-electron chi connectivity index (χ4n) is 3.12. The highest BCUT2D eigenvalue weighted by Gasteiger charge is 2.30. The molecule has 1 unspecified atom stereocenters. The lowest BCUT2D eigenvalue weighted by molar-refractivity contribution is -0.118. The summed E-state index contributed by atoms with van der Waals surface area (Å²) in [6, 6.07) is 3.63. The average molecular weight is 472 g/mol. The molecule has 2 aromatic heterocycles. The first kappa shape index (κ1) is 24.7. The molecule has 0 saturated heterocycles. The van der Waals surface area contributed by atoms with Crippen molar-refractivity contribution in [2.24, 2.45) is 11.3 Å². The Bertz CT molecular complexity index is 1030. The summed E-state index contributed by atoms with van der Waals surface area (Å²) >= 11 is 1.45. The molecule has 0 bridgehead atoms. The Kier molecular flexibility index (Phi) is 7.70. The number of hydrazine groups is 1. The number of anilines is 2. The standard InChI is InChI=1S/C23H33N7O2S/c1-14(2)20(31)26-18-11-15(9-10-24-18)7-8-16-13-25-22(33-16)28-21(32)27-19-12-17(23(3,4)5)29-30(19)6/h9-14,17,29H,7-8H2,1-6H3,(H,24,26,31)(H2,25,27,28,32). The van der Waals surface area contributed by atoms with Crippen LogP contribution in [0.3, 0.4) is 0 Å². The van der Waals surface area contributed by atoms with Gasteiger partial charge >= 0.3 is 6.03 Å². The van der Waals surface area contributed by atoms with Gasteiger partial charge in [0.15, 0.2) is 5.13 Å². The number of hydrogen-bond acceptors (Lipinski definition) is 7. The zero-order valence-electron chi connectivity index (χ0n) is 20.0. The molecule has 0 fully saturated rings. The number of carbonyl (C=O) groups is 2. The van der Waals surface area contributed by atoms with Crippen molar-refractivity contribution in [2.75, 3.05) is 17.7 Å². The van der Waals surface area contributed by atoms with Gasteiger partial charge in [0.05, 0.1) is 6.04 Å². The van der Waals surface area contributed by atoms with E-state index in [1.807, 2.05) is 44.1 Å². The largest absolute Gasteiger partial charge is 0.326 e. The quantitative estimate of drug-likeness (QED) is 0.489. The third-order valence-electron chi connectivity index (χ3n) is 5.23. The maximum Gasteiger partial charge on any atom is 0.326 e. The first-order chi connectivity index (χ1) is 15.5. The summed E-state index contributed by atoms with van der Waals surface area (Å²) in [6.07, 6.45) is 7.04. The predicted molar refractivity (Wildman–Crippen MR) is 132 cm³/mol. The maximum atomic E-state index is 12.4. The molecule has 0 aliphatic carbocycles. The van der Waals surface area contributed by atoms with Crippen LogP contribution >= 0.6 is 11.3 Å². The molecule has 1 aliphatic heterocycles. The van der Waals surface area contributed by atoms with Crippen molar-refractivity contribution in [1.82, 2.24) is 25.7 Å². The summed E-state index contributed by atoms with van der Waals surface area (Å²) in [5, 5.41) is 10.9. The Balaban J connectivity index is 1.51. The monoisotopic (exact) mass is 471 g/mol. The van der Waals surface area contributed by atoms with E-state index in [4.69, 9.17) is 0 Å². The summed E-state index contributed by atoms with van der Waals surface area (Å²) in [5.74, 6) is 1.11. The number of thiazole rings is 1. The van der Waals surface area contributed by atoms with Gasteiger partial charge in [0.25, 0.3) is 0 Å². The molecule has 0 spiro atoms. The number of urea groups is 1. The number of amides is 3. The molecular weight excluding hydrogens is 438 g/mol. The van der Waals surface area contributed by atoms with Crippen LogP contribution in [-0.2, 0) is 17.6 Å². The summed E-state index contributed by atoms with van der Waals surface area (Å²) in [7, 11) is 1.87. The van der Waals surface area contributed by atoms with Gasteiger partial charge in [0, 0.05) is 30.2 Å². The molecule has 33 heavy (non-hydrogen) atoms. The zero-order valence-corrected chi connectivity index (χ0v) is 20.8. The van der Waals surface area contributed by atoms with Gasteiger partial charge in [-0.3, -0.25) is 20.4 Å². The minimum Gasteiger partial charge on any atom is -0.310 e. The number of aromatic nitrogens is 2. The highest BCUT2D eigenvalue weighted by atomic mass is 32.1. The van der Waals surface area contributed by atoms with E-state index in [9.17, 15) is 9.59 Å². The van der Waals surface area contributed by atoms with Crippen molar-refractivity contribution in [2.45, 2.75) is 53.5 Å². The SMILES string of the molecule is CC(C)C(=O)Nc1cc(CCc2cnc(NC(=O)NC3=CC(C(C)(C)C)NN3C)s2)ccn1.